The van der Waals surface area contributed by atoms with Crippen LogP contribution in [0.15, 0.2) is 24.3 Å². The van der Waals surface area contributed by atoms with Crippen molar-refractivity contribution in [2.75, 3.05) is 7.11 Å². The Hall–Kier alpha value is -1.46. The first-order chi connectivity index (χ1) is 8.04. The topological polar surface area (TPSA) is 72.5 Å². The Morgan fingerprint density at radius 3 is 2.59 bits per heavy atom. The summed E-state index contributed by atoms with van der Waals surface area (Å²) >= 11 is 0. The van der Waals surface area contributed by atoms with Crippen LogP contribution in [0.25, 0.3) is 0 Å². The van der Waals surface area contributed by atoms with Crippen LogP contribution in [0.5, 0.6) is 0 Å². The van der Waals surface area contributed by atoms with Gasteiger partial charge in [0.15, 0.2) is 0 Å². The lowest BCUT2D eigenvalue weighted by molar-refractivity contribution is -0.140. The lowest BCUT2D eigenvalue weighted by Gasteiger charge is -2.18. The van der Waals surface area contributed by atoms with Crippen molar-refractivity contribution in [1.29, 1.82) is 0 Å². The van der Waals surface area contributed by atoms with Crippen LogP contribution >= 0.6 is 0 Å². The maximum atomic E-state index is 12.7. The Labute approximate surface area is 99.2 Å². The lowest BCUT2D eigenvalue weighted by Crippen LogP contribution is -2.29. The van der Waals surface area contributed by atoms with Gasteiger partial charge in [-0.3, -0.25) is 4.79 Å². The molecule has 0 heterocycles. The first-order valence-corrected chi connectivity index (χ1v) is 5.30. The fourth-order valence-electron chi connectivity index (χ4n) is 1.45. The number of carbonyl (C=O) groups is 1. The molecule has 0 amide bonds. The molecular formula is C12H16FNO3. The molecule has 1 aromatic carbocycles. The molecule has 0 spiro atoms. The quantitative estimate of drug-likeness (QED) is 0.758. The van der Waals surface area contributed by atoms with Gasteiger partial charge in [-0.1, -0.05) is 12.1 Å². The highest BCUT2D eigenvalue weighted by atomic mass is 19.1. The van der Waals surface area contributed by atoms with Crippen molar-refractivity contribution in [3.8, 4) is 0 Å². The molecule has 4 nitrogen and oxygen atoms in total. The Bertz CT molecular complexity index is 367. The first kappa shape index (κ1) is 13.6. The van der Waals surface area contributed by atoms with Crippen molar-refractivity contribution >= 4 is 5.97 Å². The molecule has 3 N–H and O–H groups in total. The van der Waals surface area contributed by atoms with Gasteiger partial charge in [-0.15, -0.1) is 0 Å². The molecule has 0 aliphatic rings. The molecule has 2 atom stereocenters. The third-order valence-corrected chi connectivity index (χ3v) is 2.53. The minimum absolute atomic E-state index is 0.149. The molecule has 0 saturated carbocycles. The number of nitrogens with two attached hydrogens (primary N) is 1. The summed E-state index contributed by atoms with van der Waals surface area (Å²) in [6.45, 7) is 0. The fraction of sp³-hybridized carbons (Fsp3) is 0.417. The predicted molar refractivity (Wildman–Crippen MR) is 60.6 cm³/mol. The molecule has 0 saturated heterocycles. The molecule has 0 radical (unpaired) electrons. The average molecular weight is 241 g/mol. The summed E-state index contributed by atoms with van der Waals surface area (Å²) in [5, 5.41) is 9.87. The SMILES string of the molecule is COC(=O)CCC(N)C(O)c1ccc(F)cc1. The standard InChI is InChI=1S/C12H16FNO3/c1-17-11(15)7-6-10(14)12(16)8-2-4-9(13)5-3-8/h2-5,10,12,16H,6-7,14H2,1H3. The van der Waals surface area contributed by atoms with E-state index in [0.717, 1.165) is 0 Å². The first-order valence-electron chi connectivity index (χ1n) is 5.30. The summed E-state index contributed by atoms with van der Waals surface area (Å²) in [5.41, 5.74) is 6.27. The minimum Gasteiger partial charge on any atom is -0.469 e. The van der Waals surface area contributed by atoms with Crippen LogP contribution in [-0.2, 0) is 9.53 Å². The van der Waals surface area contributed by atoms with E-state index in [0.29, 0.717) is 12.0 Å². The van der Waals surface area contributed by atoms with Gasteiger partial charge in [0.05, 0.1) is 13.2 Å². The van der Waals surface area contributed by atoms with Crippen LogP contribution in [0.4, 0.5) is 4.39 Å². The van der Waals surface area contributed by atoms with Crippen LogP contribution in [0.3, 0.4) is 0 Å². The minimum atomic E-state index is -0.916. The van der Waals surface area contributed by atoms with E-state index in [1.165, 1.54) is 31.4 Å². The van der Waals surface area contributed by atoms with Crippen molar-refractivity contribution in [3.63, 3.8) is 0 Å². The van der Waals surface area contributed by atoms with Crippen molar-refractivity contribution in [2.24, 2.45) is 5.73 Å². The van der Waals surface area contributed by atoms with Gasteiger partial charge in [-0.25, -0.2) is 4.39 Å². The molecule has 0 aromatic heterocycles. The largest absolute Gasteiger partial charge is 0.469 e. The molecule has 94 valence electrons. The normalized spacial score (nSPS) is 14.1. The Morgan fingerprint density at radius 2 is 2.06 bits per heavy atom. The highest BCUT2D eigenvalue weighted by molar-refractivity contribution is 5.69. The number of hydrogen-bond acceptors (Lipinski definition) is 4. The van der Waals surface area contributed by atoms with E-state index in [9.17, 15) is 14.3 Å². The third kappa shape index (κ3) is 4.13. The van der Waals surface area contributed by atoms with E-state index in [-0.39, 0.29) is 18.2 Å². The average Bonchev–Trinajstić information content (AvgIpc) is 2.35. The highest BCUT2D eigenvalue weighted by Gasteiger charge is 2.18. The second kappa shape index (κ2) is 6.32. The Kier molecular flexibility index (Phi) is 5.06. The molecular weight excluding hydrogens is 225 g/mol. The van der Waals surface area contributed by atoms with E-state index in [4.69, 9.17) is 5.73 Å². The van der Waals surface area contributed by atoms with E-state index >= 15 is 0 Å². The zero-order valence-electron chi connectivity index (χ0n) is 9.60. The van der Waals surface area contributed by atoms with Crippen LogP contribution in [0, 0.1) is 5.82 Å². The molecule has 0 aliphatic carbocycles. The number of methoxy groups -OCH3 is 1. The van der Waals surface area contributed by atoms with Crippen LogP contribution in [-0.4, -0.2) is 24.2 Å². The van der Waals surface area contributed by atoms with E-state index in [1.54, 1.807) is 0 Å². The van der Waals surface area contributed by atoms with Gasteiger partial charge >= 0.3 is 5.97 Å². The van der Waals surface area contributed by atoms with Gasteiger partial charge < -0.3 is 15.6 Å². The molecule has 5 heteroatoms. The smallest absolute Gasteiger partial charge is 0.305 e. The molecule has 1 aromatic rings. The summed E-state index contributed by atoms with van der Waals surface area (Å²) in [6.07, 6.45) is -0.457. The van der Waals surface area contributed by atoms with Crippen molar-refractivity contribution in [1.82, 2.24) is 0 Å². The van der Waals surface area contributed by atoms with Crippen LogP contribution in [0.2, 0.25) is 0 Å². The highest BCUT2D eigenvalue weighted by Crippen LogP contribution is 2.18. The van der Waals surface area contributed by atoms with E-state index in [1.807, 2.05) is 0 Å². The molecule has 0 bridgehead atoms. The molecule has 0 fully saturated rings. The number of rotatable bonds is 5. The molecule has 0 aliphatic heterocycles. The lowest BCUT2D eigenvalue weighted by atomic mass is 9.99. The molecule has 17 heavy (non-hydrogen) atoms. The second-order valence-electron chi connectivity index (χ2n) is 3.78. The second-order valence-corrected chi connectivity index (χ2v) is 3.78. The van der Waals surface area contributed by atoms with Crippen molar-refractivity contribution in [3.05, 3.63) is 35.6 Å². The maximum Gasteiger partial charge on any atom is 0.305 e. The zero-order chi connectivity index (χ0) is 12.8. The summed E-state index contributed by atoms with van der Waals surface area (Å²) in [5.74, 6) is -0.740. The molecule has 1 rings (SSSR count). The zero-order valence-corrected chi connectivity index (χ0v) is 9.60. The maximum absolute atomic E-state index is 12.7. The number of halogens is 1. The van der Waals surface area contributed by atoms with Gasteiger partial charge in [0.1, 0.15) is 5.82 Å². The fourth-order valence-corrected chi connectivity index (χ4v) is 1.45. The summed E-state index contributed by atoms with van der Waals surface area (Å²) in [7, 11) is 1.30. The molecule has 2 unspecified atom stereocenters. The number of esters is 1. The third-order valence-electron chi connectivity index (χ3n) is 2.53. The monoisotopic (exact) mass is 241 g/mol. The van der Waals surface area contributed by atoms with Crippen LogP contribution in [0.1, 0.15) is 24.5 Å². The number of ether oxygens (including phenoxy) is 1. The van der Waals surface area contributed by atoms with Gasteiger partial charge in [-0.05, 0) is 24.1 Å². The Morgan fingerprint density at radius 1 is 1.47 bits per heavy atom. The number of hydrogen-bond donors (Lipinski definition) is 2. The van der Waals surface area contributed by atoms with Gasteiger partial charge in [0.25, 0.3) is 0 Å². The number of aliphatic hydroxyl groups is 1. The van der Waals surface area contributed by atoms with Crippen molar-refractivity contribution < 1.29 is 19.0 Å². The van der Waals surface area contributed by atoms with Gasteiger partial charge in [0.2, 0.25) is 0 Å². The van der Waals surface area contributed by atoms with E-state index < -0.39 is 12.1 Å². The van der Waals surface area contributed by atoms with Crippen molar-refractivity contribution in [2.45, 2.75) is 25.0 Å². The number of aliphatic hydroxyl groups excluding tert-OH is 1. The van der Waals surface area contributed by atoms with Crippen LogP contribution < -0.4 is 5.73 Å². The summed E-state index contributed by atoms with van der Waals surface area (Å²) in [6, 6.07) is 4.87. The summed E-state index contributed by atoms with van der Waals surface area (Å²) in [4.78, 5) is 10.9. The summed E-state index contributed by atoms with van der Waals surface area (Å²) < 4.78 is 17.2. The van der Waals surface area contributed by atoms with E-state index in [2.05, 4.69) is 4.74 Å². The Balaban J connectivity index is 2.54. The number of benzene rings is 1. The van der Waals surface area contributed by atoms with Gasteiger partial charge in [-0.2, -0.15) is 0 Å². The number of carbonyl (C=O) groups excluding carboxylic acids is 1. The predicted octanol–water partition coefficient (Wildman–Crippen LogP) is 1.14. The van der Waals surface area contributed by atoms with Gasteiger partial charge in [0, 0.05) is 12.5 Å².